The van der Waals surface area contributed by atoms with Crippen LogP contribution in [0.2, 0.25) is 0 Å². The molecular formula is C71H138O17P2. The second-order valence-electron chi connectivity index (χ2n) is 27.1. The minimum Gasteiger partial charge on any atom is -0.462 e. The molecule has 0 aromatic heterocycles. The van der Waals surface area contributed by atoms with Crippen molar-refractivity contribution in [3.05, 3.63) is 0 Å². The van der Waals surface area contributed by atoms with Crippen molar-refractivity contribution in [3.8, 4) is 0 Å². The van der Waals surface area contributed by atoms with Gasteiger partial charge in [0.1, 0.15) is 19.3 Å². The molecule has 0 saturated heterocycles. The lowest BCUT2D eigenvalue weighted by atomic mass is 10.00. The number of hydrogen-bond donors (Lipinski definition) is 3. The normalized spacial score (nSPS) is 14.9. The van der Waals surface area contributed by atoms with Crippen molar-refractivity contribution in [2.24, 2.45) is 23.7 Å². The second-order valence-corrected chi connectivity index (χ2v) is 30.0. The van der Waals surface area contributed by atoms with Crippen LogP contribution in [0.15, 0.2) is 0 Å². The highest BCUT2D eigenvalue weighted by atomic mass is 31.2. The molecule has 0 heterocycles. The van der Waals surface area contributed by atoms with Crippen molar-refractivity contribution < 1.29 is 80.2 Å². The Morgan fingerprint density at radius 3 is 0.789 bits per heavy atom. The lowest BCUT2D eigenvalue weighted by molar-refractivity contribution is -0.161. The third-order valence-corrected chi connectivity index (χ3v) is 18.9. The first-order valence-electron chi connectivity index (χ1n) is 36.8. The van der Waals surface area contributed by atoms with E-state index in [1.54, 1.807) is 0 Å². The fourth-order valence-electron chi connectivity index (χ4n) is 10.6. The third-order valence-electron chi connectivity index (χ3n) is 17.0. The molecule has 4 unspecified atom stereocenters. The van der Waals surface area contributed by atoms with Crippen LogP contribution < -0.4 is 0 Å². The third kappa shape index (κ3) is 62.2. The summed E-state index contributed by atoms with van der Waals surface area (Å²) in [7, 11) is -9.90. The lowest BCUT2D eigenvalue weighted by Crippen LogP contribution is -2.30. The molecule has 0 rings (SSSR count). The number of rotatable bonds is 68. The van der Waals surface area contributed by atoms with E-state index in [9.17, 15) is 43.2 Å². The van der Waals surface area contributed by atoms with Gasteiger partial charge in [0, 0.05) is 25.7 Å². The van der Waals surface area contributed by atoms with Gasteiger partial charge in [-0.2, -0.15) is 0 Å². The van der Waals surface area contributed by atoms with Gasteiger partial charge in [0.2, 0.25) is 0 Å². The van der Waals surface area contributed by atoms with E-state index in [4.69, 9.17) is 37.0 Å². The topological polar surface area (TPSA) is 237 Å². The quantitative estimate of drug-likeness (QED) is 0.0222. The number of hydrogen-bond acceptors (Lipinski definition) is 15. The molecule has 19 heteroatoms. The van der Waals surface area contributed by atoms with Crippen LogP contribution in [0.3, 0.4) is 0 Å². The number of ether oxygens (including phenoxy) is 4. The average molecular weight is 1330 g/mol. The van der Waals surface area contributed by atoms with Crippen LogP contribution >= 0.6 is 15.6 Å². The Hall–Kier alpha value is -1.94. The summed E-state index contributed by atoms with van der Waals surface area (Å²) in [5, 5.41) is 10.6. The Kier molecular flexibility index (Phi) is 59.4. The molecule has 3 N–H and O–H groups in total. The molecule has 0 radical (unpaired) electrons. The monoisotopic (exact) mass is 1320 g/mol. The molecular weight excluding hydrogens is 1190 g/mol. The van der Waals surface area contributed by atoms with E-state index in [-0.39, 0.29) is 25.7 Å². The molecule has 0 saturated carbocycles. The van der Waals surface area contributed by atoms with Crippen molar-refractivity contribution in [2.45, 2.75) is 369 Å². The zero-order valence-electron chi connectivity index (χ0n) is 58.8. The molecule has 0 aliphatic carbocycles. The van der Waals surface area contributed by atoms with E-state index in [2.05, 4.69) is 55.4 Å². The van der Waals surface area contributed by atoms with Crippen molar-refractivity contribution in [1.82, 2.24) is 0 Å². The van der Waals surface area contributed by atoms with Crippen molar-refractivity contribution in [2.75, 3.05) is 39.6 Å². The number of aliphatic hydroxyl groups is 1. The van der Waals surface area contributed by atoms with Crippen LogP contribution in [0.4, 0.5) is 0 Å². The zero-order valence-corrected chi connectivity index (χ0v) is 60.6. The number of phosphoric acid groups is 2. The van der Waals surface area contributed by atoms with Crippen molar-refractivity contribution >= 4 is 39.5 Å². The number of carbonyl (C=O) groups excluding carboxylic acids is 4. The van der Waals surface area contributed by atoms with E-state index in [0.717, 1.165) is 120 Å². The molecule has 0 fully saturated rings. The SMILES string of the molecule is CCC(C)CCCCCCCCC(=O)OC[C@H](COP(=O)(O)OC[C@H](O)COP(=O)(O)OC[C@@H](COC(=O)CCCCCCCCC(C)CC)OC(=O)CCCCCCCCC(C)C)OC(=O)CCCCCCCCCCCCCCCCCCCCC(C)C. The predicted octanol–water partition coefficient (Wildman–Crippen LogP) is 20.1. The van der Waals surface area contributed by atoms with Gasteiger partial charge in [-0.1, -0.05) is 299 Å². The molecule has 0 spiro atoms. The van der Waals surface area contributed by atoms with Gasteiger partial charge in [0.25, 0.3) is 0 Å². The van der Waals surface area contributed by atoms with Crippen molar-refractivity contribution in [1.29, 1.82) is 0 Å². The molecule has 7 atom stereocenters. The molecule has 0 aliphatic rings. The Labute approximate surface area is 549 Å². The summed E-state index contributed by atoms with van der Waals surface area (Å²) >= 11 is 0. The standard InChI is InChI=1S/C71H138O17P2/c1-9-63(7)49-41-33-26-29-35-43-51-68(73)81-57-66(87-70(75)53-45-37-24-22-20-18-16-14-12-11-13-15-17-19-21-23-31-39-47-61(3)4)59-85-89(77,78)83-55-65(72)56-84-90(79,80)86-60-67(88-71(76)54-46-38-28-25-32-40-48-62(5)6)58-82-69(74)52-44-36-30-27-34-42-50-64(8)10-2/h61-67,72H,9-60H2,1-8H3,(H,77,78)(H,79,80)/t63?,64?,65-,66+,67+/m0/s1. The van der Waals surface area contributed by atoms with Crippen molar-refractivity contribution in [3.63, 3.8) is 0 Å². The molecule has 0 aromatic rings. The lowest BCUT2D eigenvalue weighted by Gasteiger charge is -2.21. The van der Waals surface area contributed by atoms with E-state index in [1.807, 2.05) is 0 Å². The zero-order chi connectivity index (χ0) is 66.8. The Balaban J connectivity index is 5.15. The molecule has 534 valence electrons. The van der Waals surface area contributed by atoms with Crippen LogP contribution in [0.25, 0.3) is 0 Å². The Morgan fingerprint density at radius 2 is 0.533 bits per heavy atom. The highest BCUT2D eigenvalue weighted by Crippen LogP contribution is 2.45. The second kappa shape index (κ2) is 60.7. The van der Waals surface area contributed by atoms with Gasteiger partial charge in [-0.05, 0) is 49.4 Å². The summed E-state index contributed by atoms with van der Waals surface area (Å²) < 4.78 is 68.2. The number of carbonyl (C=O) groups is 4. The first-order chi connectivity index (χ1) is 43.2. The maximum atomic E-state index is 13.0. The highest BCUT2D eigenvalue weighted by molar-refractivity contribution is 7.47. The minimum atomic E-state index is -4.95. The summed E-state index contributed by atoms with van der Waals surface area (Å²) in [5.41, 5.74) is 0. The van der Waals surface area contributed by atoms with Gasteiger partial charge >= 0.3 is 39.5 Å². The summed E-state index contributed by atoms with van der Waals surface area (Å²) in [5.74, 6) is 0.816. The smallest absolute Gasteiger partial charge is 0.462 e. The van der Waals surface area contributed by atoms with Gasteiger partial charge in [-0.15, -0.1) is 0 Å². The number of phosphoric ester groups is 2. The largest absolute Gasteiger partial charge is 0.472 e. The molecule has 0 aromatic carbocycles. The average Bonchev–Trinajstić information content (AvgIpc) is 2.65. The Bertz CT molecular complexity index is 1790. The van der Waals surface area contributed by atoms with E-state index in [1.165, 1.54) is 141 Å². The van der Waals surface area contributed by atoms with Gasteiger partial charge in [0.15, 0.2) is 12.2 Å². The van der Waals surface area contributed by atoms with Crippen LogP contribution in [0.1, 0.15) is 351 Å². The molecule has 90 heavy (non-hydrogen) atoms. The van der Waals surface area contributed by atoms with E-state index >= 15 is 0 Å². The fourth-order valence-corrected chi connectivity index (χ4v) is 12.2. The maximum Gasteiger partial charge on any atom is 0.472 e. The first kappa shape index (κ1) is 88.1. The van der Waals surface area contributed by atoms with Gasteiger partial charge in [-0.3, -0.25) is 37.3 Å². The summed E-state index contributed by atoms with van der Waals surface area (Å²) in [6.45, 7) is 14.0. The molecule has 0 amide bonds. The summed E-state index contributed by atoms with van der Waals surface area (Å²) in [6.07, 6.45) is 43.5. The van der Waals surface area contributed by atoms with E-state index in [0.29, 0.717) is 31.6 Å². The van der Waals surface area contributed by atoms with Crippen LogP contribution in [-0.2, 0) is 65.4 Å². The van der Waals surface area contributed by atoms with Gasteiger partial charge in [0.05, 0.1) is 26.4 Å². The number of aliphatic hydroxyl groups excluding tert-OH is 1. The molecule has 17 nitrogen and oxygen atoms in total. The van der Waals surface area contributed by atoms with E-state index < -0.39 is 97.5 Å². The number of unbranched alkanes of at least 4 members (excludes halogenated alkanes) is 32. The first-order valence-corrected chi connectivity index (χ1v) is 39.8. The summed E-state index contributed by atoms with van der Waals surface area (Å²) in [4.78, 5) is 72.4. The van der Waals surface area contributed by atoms with Gasteiger partial charge < -0.3 is 33.8 Å². The summed E-state index contributed by atoms with van der Waals surface area (Å²) in [6, 6.07) is 0. The fraction of sp³-hybridized carbons (Fsp3) is 0.944. The number of esters is 4. The van der Waals surface area contributed by atoms with Crippen LogP contribution in [0.5, 0.6) is 0 Å². The Morgan fingerprint density at radius 1 is 0.311 bits per heavy atom. The van der Waals surface area contributed by atoms with Crippen LogP contribution in [-0.4, -0.2) is 96.7 Å². The van der Waals surface area contributed by atoms with Gasteiger partial charge in [-0.25, -0.2) is 9.13 Å². The highest BCUT2D eigenvalue weighted by Gasteiger charge is 2.30. The minimum absolute atomic E-state index is 0.101. The van der Waals surface area contributed by atoms with Crippen LogP contribution in [0, 0.1) is 23.7 Å². The molecule has 0 bridgehead atoms. The molecule has 0 aliphatic heterocycles. The predicted molar refractivity (Wildman–Crippen MR) is 363 cm³/mol. The maximum absolute atomic E-state index is 13.0.